The zero-order valence-electron chi connectivity index (χ0n) is 10.2. The van der Waals surface area contributed by atoms with E-state index in [0.29, 0.717) is 25.4 Å². The molecule has 1 saturated heterocycles. The topological polar surface area (TPSA) is 54.0 Å². The van der Waals surface area contributed by atoms with Gasteiger partial charge in [-0.1, -0.05) is 0 Å². The first kappa shape index (κ1) is 12.4. The number of hydrogen-bond acceptors (Lipinski definition) is 5. The highest BCUT2D eigenvalue weighted by atomic mass is 16.7. The van der Waals surface area contributed by atoms with Crippen LogP contribution in [0.3, 0.4) is 0 Å². The molecule has 0 radical (unpaired) electrons. The fraction of sp³-hybridized carbons (Fsp3) is 0.750. The Bertz CT molecular complexity index is 315. The summed E-state index contributed by atoms with van der Waals surface area (Å²) in [5.41, 5.74) is 0. The average molecular weight is 242 g/mol. The second kappa shape index (κ2) is 5.06. The van der Waals surface area contributed by atoms with Gasteiger partial charge < -0.3 is 18.9 Å². The van der Waals surface area contributed by atoms with Crippen molar-refractivity contribution in [1.29, 1.82) is 0 Å². The Morgan fingerprint density at radius 1 is 1.29 bits per heavy atom. The number of ether oxygens (including phenoxy) is 4. The summed E-state index contributed by atoms with van der Waals surface area (Å²) in [5.74, 6) is -0.532. The predicted molar refractivity (Wildman–Crippen MR) is 58.9 cm³/mol. The van der Waals surface area contributed by atoms with Crippen molar-refractivity contribution in [3.8, 4) is 0 Å². The van der Waals surface area contributed by atoms with E-state index in [2.05, 4.69) is 0 Å². The lowest BCUT2D eigenvalue weighted by Crippen LogP contribution is -2.34. The molecule has 0 unspecified atom stereocenters. The Labute approximate surface area is 101 Å². The maximum absolute atomic E-state index is 11.3. The standard InChI is InChI=1S/C12H18O5/c1-12(2)16-9(8-10(13)17-12)4-3-5-11-14-6-7-15-11/h8,11H,3-7H2,1-2H3. The minimum absolute atomic E-state index is 0.0980. The van der Waals surface area contributed by atoms with Crippen molar-refractivity contribution in [3.05, 3.63) is 11.8 Å². The van der Waals surface area contributed by atoms with Crippen LogP contribution in [0.15, 0.2) is 11.8 Å². The van der Waals surface area contributed by atoms with Gasteiger partial charge in [-0.15, -0.1) is 0 Å². The number of carbonyl (C=O) groups excluding carboxylic acids is 1. The van der Waals surface area contributed by atoms with E-state index in [1.807, 2.05) is 0 Å². The van der Waals surface area contributed by atoms with Gasteiger partial charge in [0.1, 0.15) is 5.76 Å². The van der Waals surface area contributed by atoms with Gasteiger partial charge >= 0.3 is 5.97 Å². The molecule has 2 rings (SSSR count). The summed E-state index contributed by atoms with van der Waals surface area (Å²) in [6.07, 6.45) is 3.68. The van der Waals surface area contributed by atoms with Crippen molar-refractivity contribution in [1.82, 2.24) is 0 Å². The zero-order chi connectivity index (χ0) is 12.3. The quantitative estimate of drug-likeness (QED) is 0.703. The molecular weight excluding hydrogens is 224 g/mol. The fourth-order valence-corrected chi connectivity index (χ4v) is 1.91. The zero-order valence-corrected chi connectivity index (χ0v) is 10.2. The third-order valence-corrected chi connectivity index (χ3v) is 2.56. The van der Waals surface area contributed by atoms with E-state index in [-0.39, 0.29) is 12.3 Å². The largest absolute Gasteiger partial charge is 0.457 e. The van der Waals surface area contributed by atoms with E-state index in [4.69, 9.17) is 18.9 Å². The summed E-state index contributed by atoms with van der Waals surface area (Å²) in [4.78, 5) is 11.3. The van der Waals surface area contributed by atoms with E-state index in [0.717, 1.165) is 12.8 Å². The Kier molecular flexibility index (Phi) is 3.69. The third kappa shape index (κ3) is 3.71. The second-order valence-corrected chi connectivity index (χ2v) is 4.60. The molecule has 0 amide bonds. The minimum Gasteiger partial charge on any atom is -0.457 e. The van der Waals surface area contributed by atoms with Gasteiger partial charge in [0, 0.05) is 20.3 Å². The van der Waals surface area contributed by atoms with Crippen LogP contribution >= 0.6 is 0 Å². The van der Waals surface area contributed by atoms with E-state index in [1.54, 1.807) is 13.8 Å². The lowest BCUT2D eigenvalue weighted by Gasteiger charge is -2.30. The molecule has 2 aliphatic heterocycles. The van der Waals surface area contributed by atoms with E-state index >= 15 is 0 Å². The molecule has 2 aliphatic rings. The van der Waals surface area contributed by atoms with E-state index in [1.165, 1.54) is 6.08 Å². The summed E-state index contributed by atoms with van der Waals surface area (Å²) in [6, 6.07) is 0. The molecule has 0 aliphatic carbocycles. The van der Waals surface area contributed by atoms with Crippen molar-refractivity contribution >= 4 is 5.97 Å². The SMILES string of the molecule is CC1(C)OC(=O)C=C(CCCC2OCCO2)O1. The molecule has 0 N–H and O–H groups in total. The molecule has 0 saturated carbocycles. The highest BCUT2D eigenvalue weighted by molar-refractivity contribution is 5.83. The van der Waals surface area contributed by atoms with Crippen LogP contribution in [0.4, 0.5) is 0 Å². The van der Waals surface area contributed by atoms with Crippen LogP contribution in [0.2, 0.25) is 0 Å². The summed E-state index contributed by atoms with van der Waals surface area (Å²) >= 11 is 0. The van der Waals surface area contributed by atoms with Crippen molar-refractivity contribution < 1.29 is 23.7 Å². The van der Waals surface area contributed by atoms with Crippen LogP contribution in [0, 0.1) is 0 Å². The minimum atomic E-state index is -0.860. The summed E-state index contributed by atoms with van der Waals surface area (Å²) in [6.45, 7) is 4.79. The summed E-state index contributed by atoms with van der Waals surface area (Å²) in [5, 5.41) is 0. The Morgan fingerprint density at radius 3 is 2.65 bits per heavy atom. The van der Waals surface area contributed by atoms with Gasteiger partial charge in [0.05, 0.1) is 19.3 Å². The van der Waals surface area contributed by atoms with Crippen LogP contribution in [0.5, 0.6) is 0 Å². The number of allylic oxidation sites excluding steroid dienone is 1. The van der Waals surface area contributed by atoms with Gasteiger partial charge in [0.25, 0.3) is 0 Å². The Hall–Kier alpha value is -1.07. The van der Waals surface area contributed by atoms with Gasteiger partial charge in [-0.3, -0.25) is 0 Å². The molecule has 1 fully saturated rings. The number of cyclic esters (lactones) is 1. The number of carbonyl (C=O) groups is 1. The Morgan fingerprint density at radius 2 is 2.00 bits per heavy atom. The molecule has 0 aromatic heterocycles. The van der Waals surface area contributed by atoms with Gasteiger partial charge in [-0.05, 0) is 12.8 Å². The first-order chi connectivity index (χ1) is 8.05. The lowest BCUT2D eigenvalue weighted by atomic mass is 10.2. The van der Waals surface area contributed by atoms with Gasteiger partial charge in [-0.25, -0.2) is 4.79 Å². The number of hydrogen-bond donors (Lipinski definition) is 0. The van der Waals surface area contributed by atoms with Crippen molar-refractivity contribution in [2.24, 2.45) is 0 Å². The van der Waals surface area contributed by atoms with Crippen molar-refractivity contribution in [2.45, 2.75) is 45.2 Å². The summed E-state index contributed by atoms with van der Waals surface area (Å²) < 4.78 is 21.2. The van der Waals surface area contributed by atoms with Crippen molar-refractivity contribution in [2.75, 3.05) is 13.2 Å². The fourth-order valence-electron chi connectivity index (χ4n) is 1.91. The van der Waals surface area contributed by atoms with Crippen LogP contribution in [-0.4, -0.2) is 31.3 Å². The number of rotatable bonds is 4. The van der Waals surface area contributed by atoms with E-state index in [9.17, 15) is 4.79 Å². The Balaban J connectivity index is 1.76. The lowest BCUT2D eigenvalue weighted by molar-refractivity contribution is -0.206. The molecule has 2 heterocycles. The maximum atomic E-state index is 11.3. The average Bonchev–Trinajstić information content (AvgIpc) is 2.67. The van der Waals surface area contributed by atoms with Crippen LogP contribution < -0.4 is 0 Å². The van der Waals surface area contributed by atoms with Gasteiger partial charge in [0.2, 0.25) is 5.79 Å². The van der Waals surface area contributed by atoms with Crippen molar-refractivity contribution in [3.63, 3.8) is 0 Å². The van der Waals surface area contributed by atoms with Crippen LogP contribution in [0.1, 0.15) is 33.1 Å². The molecule has 96 valence electrons. The van der Waals surface area contributed by atoms with E-state index < -0.39 is 5.79 Å². The smallest absolute Gasteiger partial charge is 0.337 e. The molecule has 0 bridgehead atoms. The van der Waals surface area contributed by atoms with Gasteiger partial charge in [-0.2, -0.15) is 0 Å². The van der Waals surface area contributed by atoms with Gasteiger partial charge in [0.15, 0.2) is 6.29 Å². The molecule has 0 aromatic rings. The molecule has 5 nitrogen and oxygen atoms in total. The molecule has 0 aromatic carbocycles. The monoisotopic (exact) mass is 242 g/mol. The normalized spacial score (nSPS) is 24.1. The second-order valence-electron chi connectivity index (χ2n) is 4.60. The highest BCUT2D eigenvalue weighted by Gasteiger charge is 2.29. The molecule has 0 atom stereocenters. The first-order valence-corrected chi connectivity index (χ1v) is 5.91. The number of esters is 1. The summed E-state index contributed by atoms with van der Waals surface area (Å²) in [7, 11) is 0. The van der Waals surface area contributed by atoms with Crippen LogP contribution in [0.25, 0.3) is 0 Å². The molecule has 0 spiro atoms. The highest BCUT2D eigenvalue weighted by Crippen LogP contribution is 2.25. The first-order valence-electron chi connectivity index (χ1n) is 5.91. The van der Waals surface area contributed by atoms with Crippen LogP contribution in [-0.2, 0) is 23.7 Å². The molecule has 17 heavy (non-hydrogen) atoms. The third-order valence-electron chi connectivity index (χ3n) is 2.56. The maximum Gasteiger partial charge on any atom is 0.337 e. The molecule has 5 heteroatoms. The molecular formula is C12H18O5. The predicted octanol–water partition coefficient (Wildman–Crippen LogP) is 1.72.